The normalized spacial score (nSPS) is 14.3. The number of nitrogens with two attached hydrogens (primary N) is 1. The predicted molar refractivity (Wildman–Crippen MR) is 75.3 cm³/mol. The maximum Gasteiger partial charge on any atom is 0.122 e. The van der Waals surface area contributed by atoms with Gasteiger partial charge >= 0.3 is 0 Å². The van der Waals surface area contributed by atoms with E-state index in [2.05, 4.69) is 6.92 Å². The highest BCUT2D eigenvalue weighted by Crippen LogP contribution is 2.33. The van der Waals surface area contributed by atoms with Crippen molar-refractivity contribution in [1.82, 2.24) is 0 Å². The number of hydrogen-bond acceptors (Lipinski definition) is 3. The van der Waals surface area contributed by atoms with Crippen LogP contribution in [0.4, 0.5) is 0 Å². The van der Waals surface area contributed by atoms with Gasteiger partial charge in [0.1, 0.15) is 5.75 Å². The second-order valence-corrected chi connectivity index (χ2v) is 4.97. The molecule has 18 heavy (non-hydrogen) atoms. The second kappa shape index (κ2) is 7.62. The fourth-order valence-corrected chi connectivity index (χ4v) is 2.24. The first kappa shape index (κ1) is 15.3. The number of benzene rings is 1. The summed E-state index contributed by atoms with van der Waals surface area (Å²) >= 11 is 6.04. The molecule has 0 aliphatic carbocycles. The van der Waals surface area contributed by atoms with E-state index in [1.54, 1.807) is 0 Å². The quantitative estimate of drug-likeness (QED) is 0.802. The summed E-state index contributed by atoms with van der Waals surface area (Å²) in [6.07, 6.45) is 0.827. The Hall–Kier alpha value is -0.770. The predicted octanol–water partition coefficient (Wildman–Crippen LogP) is 2.80. The lowest BCUT2D eigenvalue weighted by molar-refractivity contribution is 0.216. The van der Waals surface area contributed by atoms with Gasteiger partial charge < -0.3 is 15.6 Å². The molecule has 0 heterocycles. The van der Waals surface area contributed by atoms with E-state index in [1.807, 2.05) is 25.1 Å². The molecule has 0 bridgehead atoms. The molecule has 102 valence electrons. The first-order chi connectivity index (χ1) is 8.62. The van der Waals surface area contributed by atoms with Gasteiger partial charge in [0, 0.05) is 11.6 Å². The van der Waals surface area contributed by atoms with E-state index >= 15 is 0 Å². The first-order valence-electron chi connectivity index (χ1n) is 6.35. The van der Waals surface area contributed by atoms with Crippen LogP contribution in [-0.4, -0.2) is 24.9 Å². The zero-order valence-corrected chi connectivity index (χ0v) is 11.8. The van der Waals surface area contributed by atoms with Crippen molar-refractivity contribution in [3.63, 3.8) is 0 Å². The summed E-state index contributed by atoms with van der Waals surface area (Å²) in [5.41, 5.74) is 6.70. The smallest absolute Gasteiger partial charge is 0.122 e. The van der Waals surface area contributed by atoms with Crippen LogP contribution in [0.5, 0.6) is 5.75 Å². The molecule has 3 N–H and O–H groups in total. The Morgan fingerprint density at radius 1 is 1.44 bits per heavy atom. The lowest BCUT2D eigenvalue weighted by Gasteiger charge is -2.20. The van der Waals surface area contributed by atoms with E-state index in [0.29, 0.717) is 18.2 Å². The van der Waals surface area contributed by atoms with Gasteiger partial charge in [-0.2, -0.15) is 0 Å². The van der Waals surface area contributed by atoms with Gasteiger partial charge in [-0.3, -0.25) is 0 Å². The van der Waals surface area contributed by atoms with Crippen LogP contribution in [0.3, 0.4) is 0 Å². The van der Waals surface area contributed by atoms with Crippen molar-refractivity contribution >= 4 is 11.6 Å². The summed E-state index contributed by atoms with van der Waals surface area (Å²) in [6, 6.07) is 5.66. The van der Waals surface area contributed by atoms with Crippen LogP contribution in [0.1, 0.15) is 31.7 Å². The minimum atomic E-state index is 0.116. The topological polar surface area (TPSA) is 55.5 Å². The maximum atomic E-state index is 9.21. The van der Waals surface area contributed by atoms with Crippen LogP contribution in [0, 0.1) is 5.92 Å². The molecule has 1 rings (SSSR count). The zero-order valence-electron chi connectivity index (χ0n) is 11.0. The number of halogens is 1. The Labute approximate surface area is 114 Å². The average molecular weight is 272 g/mol. The number of ether oxygens (including phenoxy) is 1. The average Bonchev–Trinajstić information content (AvgIpc) is 2.38. The van der Waals surface area contributed by atoms with E-state index in [1.165, 1.54) is 0 Å². The van der Waals surface area contributed by atoms with Crippen LogP contribution in [0.15, 0.2) is 18.2 Å². The van der Waals surface area contributed by atoms with Gasteiger partial charge in [0.2, 0.25) is 0 Å². The molecule has 0 fully saturated rings. The molecule has 0 spiro atoms. The van der Waals surface area contributed by atoms with Gasteiger partial charge in [0.05, 0.1) is 6.61 Å². The van der Waals surface area contributed by atoms with Crippen molar-refractivity contribution in [3.8, 4) is 5.75 Å². The van der Waals surface area contributed by atoms with Crippen molar-refractivity contribution in [2.24, 2.45) is 11.7 Å². The standard InChI is InChI=1S/C14H22ClNO2/c1-3-18-14-5-4-12(15)7-13(14)10(2)6-11(8-16)9-17/h4-5,7,10-11,17H,3,6,8-9,16H2,1-2H3. The monoisotopic (exact) mass is 271 g/mol. The zero-order chi connectivity index (χ0) is 13.5. The van der Waals surface area contributed by atoms with Crippen LogP contribution >= 0.6 is 11.6 Å². The maximum absolute atomic E-state index is 9.21. The summed E-state index contributed by atoms with van der Waals surface area (Å²) in [6.45, 7) is 5.30. The molecule has 4 heteroatoms. The number of aliphatic hydroxyl groups excluding tert-OH is 1. The fourth-order valence-electron chi connectivity index (χ4n) is 2.06. The molecule has 0 radical (unpaired) electrons. The van der Waals surface area contributed by atoms with Crippen LogP contribution in [-0.2, 0) is 0 Å². The Kier molecular flexibility index (Phi) is 6.47. The summed E-state index contributed by atoms with van der Waals surface area (Å²) in [4.78, 5) is 0. The third-order valence-electron chi connectivity index (χ3n) is 3.08. The molecule has 0 aliphatic heterocycles. The Morgan fingerprint density at radius 2 is 2.17 bits per heavy atom. The van der Waals surface area contributed by atoms with Crippen molar-refractivity contribution in [3.05, 3.63) is 28.8 Å². The number of rotatable bonds is 7. The summed E-state index contributed by atoms with van der Waals surface area (Å²) in [7, 11) is 0. The van der Waals surface area contributed by atoms with E-state index in [0.717, 1.165) is 17.7 Å². The lowest BCUT2D eigenvalue weighted by Crippen LogP contribution is -2.20. The second-order valence-electron chi connectivity index (χ2n) is 4.54. The third kappa shape index (κ3) is 4.16. The molecule has 0 aromatic heterocycles. The molecule has 0 saturated heterocycles. The number of hydrogen-bond donors (Lipinski definition) is 2. The molecule has 1 aromatic rings. The van der Waals surface area contributed by atoms with E-state index in [9.17, 15) is 5.11 Å². The fraction of sp³-hybridized carbons (Fsp3) is 0.571. The Balaban J connectivity index is 2.88. The molecule has 0 saturated carbocycles. The molecule has 0 amide bonds. The van der Waals surface area contributed by atoms with Gasteiger partial charge in [-0.25, -0.2) is 0 Å². The summed E-state index contributed by atoms with van der Waals surface area (Å²) in [5, 5.41) is 9.91. The van der Waals surface area contributed by atoms with Crippen LogP contribution < -0.4 is 10.5 Å². The highest BCUT2D eigenvalue weighted by Gasteiger charge is 2.16. The van der Waals surface area contributed by atoms with Crippen molar-refractivity contribution in [2.75, 3.05) is 19.8 Å². The molecule has 2 atom stereocenters. The minimum Gasteiger partial charge on any atom is -0.494 e. The lowest BCUT2D eigenvalue weighted by atomic mass is 9.90. The van der Waals surface area contributed by atoms with Crippen LogP contribution in [0.2, 0.25) is 5.02 Å². The summed E-state index contributed by atoms with van der Waals surface area (Å²) in [5.74, 6) is 1.24. The number of aliphatic hydroxyl groups is 1. The molecular formula is C14H22ClNO2. The van der Waals surface area contributed by atoms with Gasteiger partial charge in [0.15, 0.2) is 0 Å². The highest BCUT2D eigenvalue weighted by atomic mass is 35.5. The van der Waals surface area contributed by atoms with Gasteiger partial charge in [0.25, 0.3) is 0 Å². The van der Waals surface area contributed by atoms with Gasteiger partial charge in [-0.15, -0.1) is 0 Å². The van der Waals surface area contributed by atoms with Crippen molar-refractivity contribution < 1.29 is 9.84 Å². The van der Waals surface area contributed by atoms with Gasteiger partial charge in [-0.05, 0) is 55.5 Å². The first-order valence-corrected chi connectivity index (χ1v) is 6.73. The molecule has 2 unspecified atom stereocenters. The highest BCUT2D eigenvalue weighted by molar-refractivity contribution is 6.30. The Bertz CT molecular complexity index is 367. The molecular weight excluding hydrogens is 250 g/mol. The van der Waals surface area contributed by atoms with E-state index < -0.39 is 0 Å². The summed E-state index contributed by atoms with van der Waals surface area (Å²) < 4.78 is 5.61. The van der Waals surface area contributed by atoms with E-state index in [-0.39, 0.29) is 18.4 Å². The van der Waals surface area contributed by atoms with Crippen LogP contribution in [0.25, 0.3) is 0 Å². The van der Waals surface area contributed by atoms with Crippen molar-refractivity contribution in [2.45, 2.75) is 26.2 Å². The largest absolute Gasteiger partial charge is 0.494 e. The molecule has 3 nitrogen and oxygen atoms in total. The third-order valence-corrected chi connectivity index (χ3v) is 3.32. The Morgan fingerprint density at radius 3 is 2.72 bits per heavy atom. The molecule has 1 aromatic carbocycles. The minimum absolute atomic E-state index is 0.116. The van der Waals surface area contributed by atoms with E-state index in [4.69, 9.17) is 22.1 Å². The molecule has 0 aliphatic rings. The SMILES string of the molecule is CCOc1ccc(Cl)cc1C(C)CC(CN)CO. The van der Waals surface area contributed by atoms with Crippen molar-refractivity contribution in [1.29, 1.82) is 0 Å². The van der Waals surface area contributed by atoms with Gasteiger partial charge in [-0.1, -0.05) is 18.5 Å².